The molecular formula is C3H4O2. The third-order valence-corrected chi connectivity index (χ3v) is 0.107. The molecule has 0 unspecified atom stereocenters. The topological polar surface area (TPSA) is 37.3 Å². The van der Waals surface area contributed by atoms with Gasteiger partial charge in [-0.25, -0.2) is 4.79 Å². The highest BCUT2D eigenvalue weighted by Crippen LogP contribution is 1.54. The van der Waals surface area contributed by atoms with Gasteiger partial charge in [0.2, 0.25) is 0 Å². The zero-order valence-electron chi connectivity index (χ0n) is 5.36. The number of hydrogen-bond acceptors (Lipinski definition) is 1. The fourth-order valence-electron chi connectivity index (χ4n) is 0. The van der Waals surface area contributed by atoms with Crippen molar-refractivity contribution >= 4 is 5.97 Å². The van der Waals surface area contributed by atoms with E-state index >= 15 is 0 Å². The van der Waals surface area contributed by atoms with Crippen LogP contribution in [0.2, 0.25) is 0 Å². The lowest BCUT2D eigenvalue weighted by molar-refractivity contribution is -0.131. The molecule has 0 bridgehead atoms. The molecule has 0 saturated carbocycles. The summed E-state index contributed by atoms with van der Waals surface area (Å²) in [7, 11) is 0. The quantitative estimate of drug-likeness (QED) is 0.454. The summed E-state index contributed by atoms with van der Waals surface area (Å²) in [6.07, 6.45) is 0. The van der Waals surface area contributed by atoms with Gasteiger partial charge in [-0.05, 0) is 0 Å². The first-order valence-corrected chi connectivity index (χ1v) is 0.928. The predicted molar refractivity (Wildman–Crippen MR) is 17.8 cm³/mol. The molecule has 0 aliphatic heterocycles. The van der Waals surface area contributed by atoms with Crippen molar-refractivity contribution in [2.45, 2.75) is 0 Å². The van der Waals surface area contributed by atoms with Crippen molar-refractivity contribution in [1.29, 1.82) is 0 Å². The van der Waals surface area contributed by atoms with Crippen molar-refractivity contribution < 1.29 is 14.0 Å². The van der Waals surface area contributed by atoms with Gasteiger partial charge in [0.1, 0.15) is 0 Å². The zero-order valence-corrected chi connectivity index (χ0v) is 2.36. The molecule has 0 rings (SSSR count). The fourth-order valence-corrected chi connectivity index (χ4v) is 0. The van der Waals surface area contributed by atoms with Crippen LogP contribution in [0.15, 0.2) is 12.6 Å². The van der Waals surface area contributed by atoms with Gasteiger partial charge in [0, 0.05) is 6.05 Å². The van der Waals surface area contributed by atoms with E-state index in [1.807, 2.05) is 0 Å². The van der Waals surface area contributed by atoms with E-state index in [2.05, 4.69) is 0 Å². The van der Waals surface area contributed by atoms with Crippen LogP contribution in [0.3, 0.4) is 0 Å². The molecule has 0 aliphatic rings. The van der Waals surface area contributed by atoms with Gasteiger partial charge in [0.05, 0.1) is 4.11 Å². The first-order chi connectivity index (χ1) is 3.55. The Morgan fingerprint density at radius 2 is 3.20 bits per heavy atom. The number of hydrogen-bond donors (Lipinski definition) is 1. The molecule has 28 valence electrons. The van der Waals surface area contributed by atoms with E-state index in [1.165, 1.54) is 0 Å². The Kier molecular flexibility index (Phi) is 0.342. The standard InChI is InChI=1S/C3H4O2/c1-2-3(4)5/h2H,1H2,(H,4,5)/i1D2,2D. The molecule has 0 heterocycles. The average molecular weight is 75.1 g/mol. The first-order valence-electron chi connectivity index (χ1n) is 2.43. The average Bonchev–Trinajstić information content (AvgIpc) is 1.64. The molecule has 0 spiro atoms. The van der Waals surface area contributed by atoms with Gasteiger partial charge in [0.25, 0.3) is 0 Å². The second kappa shape index (κ2) is 1.52. The summed E-state index contributed by atoms with van der Waals surface area (Å²) in [5, 5.41) is 7.87. The van der Waals surface area contributed by atoms with Crippen molar-refractivity contribution in [3.8, 4) is 0 Å². The highest BCUT2D eigenvalue weighted by molar-refractivity contribution is 5.78. The maximum absolute atomic E-state index is 9.66. The van der Waals surface area contributed by atoms with Gasteiger partial charge in [-0.3, -0.25) is 0 Å². The summed E-state index contributed by atoms with van der Waals surface area (Å²) in [5.41, 5.74) is 0. The Morgan fingerprint density at radius 3 is 3.20 bits per heavy atom. The molecule has 0 aromatic carbocycles. The van der Waals surface area contributed by atoms with E-state index in [4.69, 9.17) is 9.22 Å². The van der Waals surface area contributed by atoms with Gasteiger partial charge in [-0.15, -0.1) is 0 Å². The van der Waals surface area contributed by atoms with E-state index in [-0.39, 0.29) is 0 Å². The Labute approximate surface area is 34.0 Å². The maximum Gasteiger partial charge on any atom is 0.327 e. The van der Waals surface area contributed by atoms with Crippen LogP contribution in [-0.2, 0) is 4.79 Å². The molecule has 0 radical (unpaired) electrons. The highest BCUT2D eigenvalue weighted by Gasteiger charge is 1.73. The van der Waals surface area contributed by atoms with E-state index in [9.17, 15) is 4.79 Å². The van der Waals surface area contributed by atoms with Gasteiger partial charge >= 0.3 is 5.97 Å². The predicted octanol–water partition coefficient (Wildman–Crippen LogP) is 0.257. The van der Waals surface area contributed by atoms with Crippen LogP contribution < -0.4 is 0 Å². The van der Waals surface area contributed by atoms with Gasteiger partial charge in [-0.2, -0.15) is 0 Å². The zero-order chi connectivity index (χ0) is 6.73. The molecule has 2 heteroatoms. The molecule has 0 aliphatic carbocycles. The smallest absolute Gasteiger partial charge is 0.327 e. The summed E-state index contributed by atoms with van der Waals surface area (Å²) in [6, 6.07) is -0.981. The van der Waals surface area contributed by atoms with Crippen molar-refractivity contribution in [3.63, 3.8) is 0 Å². The van der Waals surface area contributed by atoms with Gasteiger partial charge in [-0.1, -0.05) is 6.53 Å². The molecule has 0 fully saturated rings. The highest BCUT2D eigenvalue weighted by atomic mass is 16.4. The minimum absolute atomic E-state index is 0.975. The number of aliphatic carboxylic acids is 1. The number of carbonyl (C=O) groups is 1. The third-order valence-electron chi connectivity index (χ3n) is 0.107. The molecule has 0 amide bonds. The summed E-state index contributed by atoms with van der Waals surface area (Å²) >= 11 is 0. The Hall–Kier alpha value is -0.790. The Bertz CT molecular complexity index is 135. The van der Waals surface area contributed by atoms with E-state index in [1.54, 1.807) is 0 Å². The van der Waals surface area contributed by atoms with E-state index in [0.29, 0.717) is 0 Å². The summed E-state index contributed by atoms with van der Waals surface area (Å²) in [5.74, 6) is -1.54. The largest absolute Gasteiger partial charge is 0.478 e. The monoisotopic (exact) mass is 75.0 g/mol. The summed E-state index contributed by atoms with van der Waals surface area (Å²) in [4.78, 5) is 9.66. The Morgan fingerprint density at radius 1 is 2.60 bits per heavy atom. The molecule has 2 nitrogen and oxygen atoms in total. The number of carboxylic acids is 1. The first kappa shape index (κ1) is 1.12. The van der Waals surface area contributed by atoms with Crippen LogP contribution in [-0.4, -0.2) is 11.1 Å². The molecular weight excluding hydrogens is 68.0 g/mol. The van der Waals surface area contributed by atoms with E-state index in [0.717, 1.165) is 0 Å². The van der Waals surface area contributed by atoms with Crippen molar-refractivity contribution in [3.05, 3.63) is 12.6 Å². The Balaban J connectivity index is 4.23. The molecule has 0 atom stereocenters. The summed E-state index contributed by atoms with van der Waals surface area (Å²) < 4.78 is 19.0. The molecule has 0 saturated heterocycles. The SMILES string of the molecule is [2H]C([2H])=C([2H])C(=O)O. The lowest BCUT2D eigenvalue weighted by atomic mass is 10.7. The van der Waals surface area contributed by atoms with Crippen molar-refractivity contribution in [1.82, 2.24) is 0 Å². The van der Waals surface area contributed by atoms with Crippen LogP contribution in [0.25, 0.3) is 0 Å². The van der Waals surface area contributed by atoms with Crippen LogP contribution in [0.5, 0.6) is 0 Å². The lowest BCUT2D eigenvalue weighted by Crippen LogP contribution is -1.82. The third kappa shape index (κ3) is 3.21. The molecule has 5 heavy (non-hydrogen) atoms. The number of carboxylic acid groups (broad SMARTS) is 1. The van der Waals surface area contributed by atoms with Crippen LogP contribution >= 0.6 is 0 Å². The maximum atomic E-state index is 9.66. The molecule has 0 aromatic rings. The lowest BCUT2D eigenvalue weighted by Gasteiger charge is -1.64. The molecule has 1 N–H and O–H groups in total. The number of rotatable bonds is 1. The summed E-state index contributed by atoms with van der Waals surface area (Å²) in [6.45, 7) is -0.975. The minimum Gasteiger partial charge on any atom is -0.478 e. The minimum atomic E-state index is -1.54. The van der Waals surface area contributed by atoms with Gasteiger partial charge < -0.3 is 5.11 Å². The van der Waals surface area contributed by atoms with Gasteiger partial charge in [0.15, 0.2) is 0 Å². The van der Waals surface area contributed by atoms with Crippen LogP contribution in [0, 0.1) is 0 Å². The molecule has 0 aromatic heterocycles. The second-order valence-electron chi connectivity index (χ2n) is 0.430. The van der Waals surface area contributed by atoms with Crippen LogP contribution in [0.1, 0.15) is 4.11 Å². The van der Waals surface area contributed by atoms with Crippen LogP contribution in [0.4, 0.5) is 0 Å². The van der Waals surface area contributed by atoms with E-state index < -0.39 is 18.6 Å². The van der Waals surface area contributed by atoms with Crippen molar-refractivity contribution in [2.24, 2.45) is 0 Å². The normalized spacial score (nSPS) is 14.0. The second-order valence-corrected chi connectivity index (χ2v) is 0.430. The van der Waals surface area contributed by atoms with Crippen molar-refractivity contribution in [2.75, 3.05) is 0 Å². The fraction of sp³-hybridized carbons (Fsp3) is 0.